The summed E-state index contributed by atoms with van der Waals surface area (Å²) in [6.07, 6.45) is 1.26. The largest absolute Gasteiger partial charge is 0.492 e. The molecule has 0 aliphatic rings. The highest BCUT2D eigenvalue weighted by atomic mass is 35.5. The first-order valence-corrected chi connectivity index (χ1v) is 10.3. The summed E-state index contributed by atoms with van der Waals surface area (Å²) < 4.78 is 10.8. The number of ether oxygens (including phenoxy) is 2. The van der Waals surface area contributed by atoms with Gasteiger partial charge < -0.3 is 14.8 Å². The third kappa shape index (κ3) is 6.41. The molecule has 8 nitrogen and oxygen atoms in total. The Hall–Kier alpha value is -4.17. The topological polar surface area (TPSA) is 106 Å². The number of hydrazone groups is 1. The number of anilines is 1. The van der Waals surface area contributed by atoms with Gasteiger partial charge in [-0.2, -0.15) is 5.10 Å². The SMILES string of the molecule is CCOc1ccccc1NC(=O)C(=O)N/N=C/c1ccccc1OC(=O)c1ccccc1Cl. The monoisotopic (exact) mass is 465 g/mol. The number of nitrogens with zero attached hydrogens (tertiary/aromatic N) is 1. The van der Waals surface area contributed by atoms with Gasteiger partial charge in [0.2, 0.25) is 0 Å². The van der Waals surface area contributed by atoms with Gasteiger partial charge in [0.25, 0.3) is 0 Å². The number of hydrogen-bond acceptors (Lipinski definition) is 6. The maximum Gasteiger partial charge on any atom is 0.345 e. The summed E-state index contributed by atoms with van der Waals surface area (Å²) in [7, 11) is 0. The van der Waals surface area contributed by atoms with Gasteiger partial charge in [-0.15, -0.1) is 0 Å². The zero-order chi connectivity index (χ0) is 23.6. The van der Waals surface area contributed by atoms with Gasteiger partial charge in [-0.05, 0) is 43.3 Å². The Morgan fingerprint density at radius 3 is 2.33 bits per heavy atom. The molecule has 0 spiro atoms. The molecule has 0 heterocycles. The lowest BCUT2D eigenvalue weighted by molar-refractivity contribution is -0.136. The molecule has 0 atom stereocenters. The van der Waals surface area contributed by atoms with Crippen LogP contribution in [0.4, 0.5) is 5.69 Å². The molecule has 0 fully saturated rings. The predicted octanol–water partition coefficient (Wildman–Crippen LogP) is 4.05. The fourth-order valence-electron chi connectivity index (χ4n) is 2.70. The Bertz CT molecular complexity index is 1200. The van der Waals surface area contributed by atoms with Crippen molar-refractivity contribution in [2.75, 3.05) is 11.9 Å². The smallest absolute Gasteiger partial charge is 0.345 e. The van der Waals surface area contributed by atoms with E-state index in [1.54, 1.807) is 72.8 Å². The van der Waals surface area contributed by atoms with Crippen LogP contribution in [-0.4, -0.2) is 30.6 Å². The van der Waals surface area contributed by atoms with Gasteiger partial charge in [-0.3, -0.25) is 9.59 Å². The van der Waals surface area contributed by atoms with E-state index in [4.69, 9.17) is 21.1 Å². The van der Waals surface area contributed by atoms with E-state index in [-0.39, 0.29) is 16.3 Å². The van der Waals surface area contributed by atoms with Gasteiger partial charge in [-0.1, -0.05) is 48.0 Å². The van der Waals surface area contributed by atoms with E-state index < -0.39 is 17.8 Å². The molecule has 168 valence electrons. The summed E-state index contributed by atoms with van der Waals surface area (Å²) in [5, 5.41) is 6.52. The highest BCUT2D eigenvalue weighted by molar-refractivity contribution is 6.39. The molecule has 0 aliphatic heterocycles. The molecule has 2 N–H and O–H groups in total. The average molecular weight is 466 g/mol. The number of carbonyl (C=O) groups excluding carboxylic acids is 3. The molecule has 33 heavy (non-hydrogen) atoms. The number of amides is 2. The van der Waals surface area contributed by atoms with Gasteiger partial charge >= 0.3 is 17.8 Å². The molecule has 0 radical (unpaired) electrons. The predicted molar refractivity (Wildman–Crippen MR) is 125 cm³/mol. The van der Waals surface area contributed by atoms with Crippen LogP contribution in [-0.2, 0) is 9.59 Å². The normalized spacial score (nSPS) is 10.5. The first-order chi connectivity index (χ1) is 16.0. The number of benzene rings is 3. The van der Waals surface area contributed by atoms with E-state index in [0.717, 1.165) is 0 Å². The third-order valence-electron chi connectivity index (χ3n) is 4.23. The van der Waals surface area contributed by atoms with E-state index in [0.29, 0.717) is 23.6 Å². The van der Waals surface area contributed by atoms with Crippen LogP contribution in [0.15, 0.2) is 77.9 Å². The quantitative estimate of drug-likeness (QED) is 0.180. The van der Waals surface area contributed by atoms with Crippen molar-refractivity contribution < 1.29 is 23.9 Å². The van der Waals surface area contributed by atoms with E-state index in [2.05, 4.69) is 15.8 Å². The van der Waals surface area contributed by atoms with Crippen molar-refractivity contribution in [3.63, 3.8) is 0 Å². The van der Waals surface area contributed by atoms with Crippen molar-refractivity contribution >= 4 is 41.3 Å². The number of halogens is 1. The molecule has 3 aromatic carbocycles. The summed E-state index contributed by atoms with van der Waals surface area (Å²) in [5.41, 5.74) is 3.12. The summed E-state index contributed by atoms with van der Waals surface area (Å²) in [6, 6.07) is 19.8. The maximum atomic E-state index is 12.4. The number of para-hydroxylation sites is 3. The number of nitrogens with one attached hydrogen (secondary N) is 2. The zero-order valence-electron chi connectivity index (χ0n) is 17.6. The lowest BCUT2D eigenvalue weighted by Crippen LogP contribution is -2.32. The summed E-state index contributed by atoms with van der Waals surface area (Å²) in [5.74, 6) is -1.90. The lowest BCUT2D eigenvalue weighted by atomic mass is 10.2. The van der Waals surface area contributed by atoms with Crippen LogP contribution < -0.4 is 20.2 Å². The molecule has 0 unspecified atom stereocenters. The van der Waals surface area contributed by atoms with Gasteiger partial charge in [0.15, 0.2) is 0 Å². The second-order valence-corrected chi connectivity index (χ2v) is 6.90. The summed E-state index contributed by atoms with van der Waals surface area (Å²) in [6.45, 7) is 2.22. The minimum absolute atomic E-state index is 0.204. The molecule has 9 heteroatoms. The molecule has 3 aromatic rings. The second kappa shape index (κ2) is 11.4. The standard InChI is InChI=1S/C24H20ClN3O5/c1-2-32-21-14-8-6-12-19(21)27-22(29)23(30)28-26-15-16-9-3-7-13-20(16)33-24(31)17-10-4-5-11-18(17)25/h3-15H,2H2,1H3,(H,27,29)(H,28,30)/b26-15+. The molecule has 0 saturated heterocycles. The van der Waals surface area contributed by atoms with Crippen LogP contribution in [0, 0.1) is 0 Å². The van der Waals surface area contributed by atoms with Gasteiger partial charge in [0.1, 0.15) is 11.5 Å². The van der Waals surface area contributed by atoms with Gasteiger partial charge in [-0.25, -0.2) is 10.2 Å². The van der Waals surface area contributed by atoms with E-state index in [1.165, 1.54) is 6.21 Å². The molecule has 0 saturated carbocycles. The van der Waals surface area contributed by atoms with E-state index in [1.807, 2.05) is 6.92 Å². The average Bonchev–Trinajstić information content (AvgIpc) is 2.81. The van der Waals surface area contributed by atoms with Crippen molar-refractivity contribution in [2.45, 2.75) is 6.92 Å². The van der Waals surface area contributed by atoms with Crippen LogP contribution in [0.5, 0.6) is 11.5 Å². The Kier molecular flexibility index (Phi) is 8.15. The van der Waals surface area contributed by atoms with Crippen LogP contribution >= 0.6 is 11.6 Å². The molecular formula is C24H20ClN3O5. The van der Waals surface area contributed by atoms with Gasteiger partial charge in [0, 0.05) is 5.56 Å². The van der Waals surface area contributed by atoms with E-state index >= 15 is 0 Å². The van der Waals surface area contributed by atoms with Crippen molar-refractivity contribution in [3.8, 4) is 11.5 Å². The number of hydrogen-bond donors (Lipinski definition) is 2. The zero-order valence-corrected chi connectivity index (χ0v) is 18.3. The van der Waals surface area contributed by atoms with Crippen LogP contribution in [0.25, 0.3) is 0 Å². The fraction of sp³-hybridized carbons (Fsp3) is 0.0833. The lowest BCUT2D eigenvalue weighted by Gasteiger charge is -2.10. The first kappa shape index (κ1) is 23.5. The number of carbonyl (C=O) groups is 3. The molecule has 3 rings (SSSR count). The minimum Gasteiger partial charge on any atom is -0.492 e. The fourth-order valence-corrected chi connectivity index (χ4v) is 2.92. The second-order valence-electron chi connectivity index (χ2n) is 6.49. The molecular weight excluding hydrogens is 446 g/mol. The van der Waals surface area contributed by atoms with Crippen LogP contribution in [0.1, 0.15) is 22.8 Å². The maximum absolute atomic E-state index is 12.4. The van der Waals surface area contributed by atoms with Gasteiger partial charge in [0.05, 0.1) is 29.1 Å². The van der Waals surface area contributed by atoms with Crippen molar-refractivity contribution in [3.05, 3.63) is 88.9 Å². The molecule has 0 bridgehead atoms. The Labute approximate surface area is 195 Å². The highest BCUT2D eigenvalue weighted by Crippen LogP contribution is 2.23. The third-order valence-corrected chi connectivity index (χ3v) is 4.56. The summed E-state index contributed by atoms with van der Waals surface area (Å²) in [4.78, 5) is 36.7. The Morgan fingerprint density at radius 1 is 0.909 bits per heavy atom. The van der Waals surface area contributed by atoms with Crippen LogP contribution in [0.2, 0.25) is 5.02 Å². The Balaban J connectivity index is 1.64. The number of esters is 1. The van der Waals surface area contributed by atoms with Crippen LogP contribution in [0.3, 0.4) is 0 Å². The molecule has 0 aliphatic carbocycles. The molecule has 2 amide bonds. The van der Waals surface area contributed by atoms with E-state index in [9.17, 15) is 14.4 Å². The number of rotatable bonds is 7. The Morgan fingerprint density at radius 2 is 1.58 bits per heavy atom. The summed E-state index contributed by atoms with van der Waals surface area (Å²) >= 11 is 6.04. The highest BCUT2D eigenvalue weighted by Gasteiger charge is 2.16. The molecule has 0 aromatic heterocycles. The van der Waals surface area contributed by atoms with Crippen molar-refractivity contribution in [2.24, 2.45) is 5.10 Å². The first-order valence-electron chi connectivity index (χ1n) is 9.91. The van der Waals surface area contributed by atoms with Crippen molar-refractivity contribution in [1.82, 2.24) is 5.43 Å². The van der Waals surface area contributed by atoms with Crippen molar-refractivity contribution in [1.29, 1.82) is 0 Å². The minimum atomic E-state index is -0.983.